The second kappa shape index (κ2) is 5.58. The van der Waals surface area contributed by atoms with Crippen LogP contribution in [0, 0.1) is 5.38 Å². The number of aromatic hydroxyl groups is 1. The average Bonchev–Trinajstić information content (AvgIpc) is 2.41. The van der Waals surface area contributed by atoms with Crippen LogP contribution in [-0.4, -0.2) is 5.11 Å². The van der Waals surface area contributed by atoms with Crippen LogP contribution in [0.25, 0.3) is 0 Å². The van der Waals surface area contributed by atoms with Crippen molar-refractivity contribution in [3.8, 4) is 5.75 Å². The summed E-state index contributed by atoms with van der Waals surface area (Å²) >= 11 is 24.0. The van der Waals surface area contributed by atoms with Crippen LogP contribution in [-0.2, 0) is 0 Å². The Hall–Kier alpha value is -0.600. The van der Waals surface area contributed by atoms with E-state index in [1.165, 1.54) is 6.07 Å². The summed E-state index contributed by atoms with van der Waals surface area (Å²) in [6.07, 6.45) is 0. The Morgan fingerprint density at radius 2 is 1.50 bits per heavy atom. The highest BCUT2D eigenvalue weighted by Crippen LogP contribution is 2.43. The van der Waals surface area contributed by atoms with Crippen molar-refractivity contribution in [2.24, 2.45) is 0 Å². The number of benzene rings is 2. The first-order valence-electron chi connectivity index (χ1n) is 4.97. The molecule has 2 aromatic carbocycles. The van der Waals surface area contributed by atoms with Crippen molar-refractivity contribution in [3.05, 3.63) is 68.0 Å². The first-order valence-corrected chi connectivity index (χ1v) is 6.48. The van der Waals surface area contributed by atoms with Crippen molar-refractivity contribution >= 4 is 46.4 Å². The zero-order chi connectivity index (χ0) is 13.3. The first kappa shape index (κ1) is 13.8. The molecule has 1 nitrogen and oxygen atoms in total. The molecule has 0 aromatic heterocycles. The van der Waals surface area contributed by atoms with Crippen molar-refractivity contribution < 1.29 is 5.11 Å². The molecule has 0 atom stereocenters. The van der Waals surface area contributed by atoms with E-state index in [4.69, 9.17) is 46.4 Å². The summed E-state index contributed by atoms with van der Waals surface area (Å²) in [4.78, 5) is 0. The predicted molar refractivity (Wildman–Crippen MR) is 76.9 cm³/mol. The normalized spacial score (nSPS) is 10.9. The Bertz CT molecular complexity index is 569. The van der Waals surface area contributed by atoms with Crippen molar-refractivity contribution in [2.45, 2.75) is 0 Å². The minimum absolute atomic E-state index is 0.0166. The maximum absolute atomic E-state index is 9.65. The molecule has 18 heavy (non-hydrogen) atoms. The van der Waals surface area contributed by atoms with Crippen LogP contribution in [0.5, 0.6) is 5.75 Å². The third-order valence-electron chi connectivity index (χ3n) is 2.39. The molecule has 0 fully saturated rings. The fourth-order valence-corrected chi connectivity index (χ4v) is 2.45. The van der Waals surface area contributed by atoms with E-state index >= 15 is 0 Å². The lowest BCUT2D eigenvalue weighted by molar-refractivity contribution is 0.475. The summed E-state index contributed by atoms with van der Waals surface area (Å²) in [6.45, 7) is 0. The van der Waals surface area contributed by atoms with Gasteiger partial charge in [-0.25, -0.2) is 0 Å². The maximum Gasteiger partial charge on any atom is 0.136 e. The van der Waals surface area contributed by atoms with Crippen molar-refractivity contribution in [3.63, 3.8) is 0 Å². The van der Waals surface area contributed by atoms with Crippen LogP contribution >= 0.6 is 46.4 Å². The second-order valence-electron chi connectivity index (χ2n) is 3.57. The lowest BCUT2D eigenvalue weighted by Crippen LogP contribution is -1.96. The third-order valence-corrected chi connectivity index (χ3v) is 4.16. The number of phenolic OH excluding ortho intramolecular Hbond substituents is 1. The fraction of sp³-hybridized carbons (Fsp3) is 0. The molecule has 0 unspecified atom stereocenters. The molecule has 0 heterocycles. The Morgan fingerprint density at radius 1 is 0.889 bits per heavy atom. The molecule has 0 aliphatic heterocycles. The van der Waals surface area contributed by atoms with Gasteiger partial charge in [-0.3, -0.25) is 0 Å². The number of hydrogen-bond donors (Lipinski definition) is 1. The fourth-order valence-electron chi connectivity index (χ4n) is 1.49. The molecule has 5 heteroatoms. The monoisotopic (exact) mass is 319 g/mol. The van der Waals surface area contributed by atoms with Crippen molar-refractivity contribution in [1.82, 2.24) is 0 Å². The molecule has 93 valence electrons. The van der Waals surface area contributed by atoms with Gasteiger partial charge >= 0.3 is 0 Å². The maximum atomic E-state index is 9.65. The summed E-state index contributed by atoms with van der Waals surface area (Å²) in [6, 6.07) is 10.6. The Morgan fingerprint density at radius 3 is 2.11 bits per heavy atom. The highest BCUT2D eigenvalue weighted by molar-refractivity contribution is 6.49. The smallest absolute Gasteiger partial charge is 0.136 e. The molecular weight excluding hydrogens is 314 g/mol. The molecule has 0 saturated heterocycles. The topological polar surface area (TPSA) is 20.2 Å². The second-order valence-corrected chi connectivity index (χ2v) is 5.08. The van der Waals surface area contributed by atoms with Gasteiger partial charge in [-0.05, 0) is 11.6 Å². The predicted octanol–water partition coefficient (Wildman–Crippen LogP) is 5.52. The number of halogens is 4. The summed E-state index contributed by atoms with van der Waals surface area (Å²) in [5.41, 5.74) is 1.22. The Labute approximate surface area is 125 Å². The van der Waals surface area contributed by atoms with Crippen molar-refractivity contribution in [1.29, 1.82) is 0 Å². The molecule has 1 radical (unpaired) electrons. The molecule has 0 saturated carbocycles. The standard InChI is InChI=1S/C13H7Cl4O/c14-10(7-4-2-1-3-5-7)8-6-9(18)12(16)13(17)11(8)15/h1-6,18H. The van der Waals surface area contributed by atoms with E-state index in [9.17, 15) is 5.11 Å². The Kier molecular flexibility index (Phi) is 4.29. The zero-order valence-electron chi connectivity index (χ0n) is 8.92. The van der Waals surface area contributed by atoms with E-state index in [0.717, 1.165) is 5.56 Å². The highest BCUT2D eigenvalue weighted by Gasteiger charge is 2.21. The van der Waals surface area contributed by atoms with Gasteiger partial charge in [-0.1, -0.05) is 65.1 Å². The lowest BCUT2D eigenvalue weighted by Gasteiger charge is -2.13. The SMILES string of the molecule is Oc1cc([C](Cl)c2ccccc2)c(Cl)c(Cl)c1Cl. The van der Waals surface area contributed by atoms with Crippen LogP contribution in [0.3, 0.4) is 0 Å². The molecule has 0 amide bonds. The quantitative estimate of drug-likeness (QED) is 0.722. The number of phenols is 1. The number of hydrogen-bond acceptors (Lipinski definition) is 1. The first-order chi connectivity index (χ1) is 8.52. The van der Waals surface area contributed by atoms with Gasteiger partial charge in [-0.2, -0.15) is 0 Å². The van der Waals surface area contributed by atoms with Gasteiger partial charge in [0, 0.05) is 5.56 Å². The molecular formula is C13H7Cl4O. The zero-order valence-corrected chi connectivity index (χ0v) is 11.9. The number of rotatable bonds is 2. The highest BCUT2D eigenvalue weighted by atomic mass is 35.5. The van der Waals surface area contributed by atoms with E-state index < -0.39 is 0 Å². The molecule has 2 rings (SSSR count). The van der Waals surface area contributed by atoms with Crippen LogP contribution in [0.4, 0.5) is 0 Å². The van der Waals surface area contributed by atoms with Crippen LogP contribution in [0.2, 0.25) is 15.1 Å². The van der Waals surface area contributed by atoms with Crippen LogP contribution < -0.4 is 0 Å². The van der Waals surface area contributed by atoms with Crippen molar-refractivity contribution in [2.75, 3.05) is 0 Å². The minimum Gasteiger partial charge on any atom is -0.506 e. The van der Waals surface area contributed by atoms with Gasteiger partial charge in [0.25, 0.3) is 0 Å². The summed E-state index contributed by atoms with van der Waals surface area (Å²) in [7, 11) is 0. The molecule has 0 aliphatic carbocycles. The van der Waals surface area contributed by atoms with Gasteiger partial charge in [0.05, 0.1) is 10.0 Å². The van der Waals surface area contributed by atoms with E-state index in [1.807, 2.05) is 30.3 Å². The largest absolute Gasteiger partial charge is 0.506 e. The van der Waals surface area contributed by atoms with E-state index in [2.05, 4.69) is 0 Å². The average molecular weight is 321 g/mol. The molecule has 2 aromatic rings. The van der Waals surface area contributed by atoms with E-state index in [1.54, 1.807) is 0 Å². The summed E-state index contributed by atoms with van der Waals surface area (Å²) in [5.74, 6) is -0.157. The van der Waals surface area contributed by atoms with Gasteiger partial charge in [0.15, 0.2) is 0 Å². The minimum atomic E-state index is -0.157. The molecule has 0 aliphatic rings. The third kappa shape index (κ3) is 2.55. The van der Waals surface area contributed by atoms with Gasteiger partial charge in [0.1, 0.15) is 16.1 Å². The van der Waals surface area contributed by atoms with E-state index in [-0.39, 0.29) is 20.8 Å². The molecule has 0 spiro atoms. The van der Waals surface area contributed by atoms with Gasteiger partial charge in [0.2, 0.25) is 0 Å². The summed E-state index contributed by atoms with van der Waals surface area (Å²) < 4.78 is 0. The van der Waals surface area contributed by atoms with Crippen LogP contribution in [0.1, 0.15) is 11.1 Å². The Balaban J connectivity index is 2.52. The van der Waals surface area contributed by atoms with E-state index in [0.29, 0.717) is 10.9 Å². The lowest BCUT2D eigenvalue weighted by atomic mass is 10.0. The molecule has 0 bridgehead atoms. The molecule has 1 N–H and O–H groups in total. The summed E-state index contributed by atoms with van der Waals surface area (Å²) in [5, 5.41) is 10.4. The van der Waals surface area contributed by atoms with Gasteiger partial charge < -0.3 is 5.11 Å². The van der Waals surface area contributed by atoms with Gasteiger partial charge in [-0.15, -0.1) is 11.6 Å². The van der Waals surface area contributed by atoms with Crippen LogP contribution in [0.15, 0.2) is 36.4 Å².